The van der Waals surface area contributed by atoms with E-state index in [9.17, 15) is 13.6 Å². The highest BCUT2D eigenvalue weighted by Crippen LogP contribution is 2.30. The number of carbonyl (C=O) groups is 1. The first-order valence-electron chi connectivity index (χ1n) is 9.29. The second kappa shape index (κ2) is 8.88. The summed E-state index contributed by atoms with van der Waals surface area (Å²) in [6.45, 7) is 3.05. The van der Waals surface area contributed by atoms with Crippen LogP contribution in [0, 0.1) is 17.6 Å². The monoisotopic (exact) mass is 408 g/mol. The fraction of sp³-hybridized carbons (Fsp3) is 0.381. The second-order valence-electron chi connectivity index (χ2n) is 7.25. The van der Waals surface area contributed by atoms with E-state index in [0.717, 1.165) is 38.0 Å². The number of amides is 1. The number of hydrogen-bond donors (Lipinski definition) is 0. The van der Waals surface area contributed by atoms with Crippen LogP contribution in [-0.2, 0) is 11.3 Å². The van der Waals surface area contributed by atoms with E-state index in [1.54, 1.807) is 24.3 Å². The van der Waals surface area contributed by atoms with Crippen molar-refractivity contribution in [1.82, 2.24) is 4.90 Å². The molecule has 0 aliphatic carbocycles. The fourth-order valence-electron chi connectivity index (χ4n) is 3.92. The Morgan fingerprint density at radius 2 is 1.79 bits per heavy atom. The Hall–Kier alpha value is -2.18. The van der Waals surface area contributed by atoms with Gasteiger partial charge in [0.05, 0.1) is 12.2 Å². The predicted molar refractivity (Wildman–Crippen MR) is 106 cm³/mol. The predicted octanol–water partition coefficient (Wildman–Crippen LogP) is 4.62. The van der Waals surface area contributed by atoms with E-state index in [4.69, 9.17) is 4.74 Å². The molecule has 0 saturated carbocycles. The third kappa shape index (κ3) is 4.62. The second-order valence-corrected chi connectivity index (χ2v) is 7.25. The van der Waals surface area contributed by atoms with Crippen LogP contribution in [0.25, 0.3) is 0 Å². The molecular formula is C21H23ClF2N2O2. The molecule has 0 spiro atoms. The van der Waals surface area contributed by atoms with Crippen LogP contribution in [0.5, 0.6) is 0 Å². The third-order valence-corrected chi connectivity index (χ3v) is 5.44. The van der Waals surface area contributed by atoms with Crippen molar-refractivity contribution >= 4 is 24.2 Å². The van der Waals surface area contributed by atoms with Crippen LogP contribution in [0.15, 0.2) is 48.5 Å². The summed E-state index contributed by atoms with van der Waals surface area (Å²) < 4.78 is 32.7. The van der Waals surface area contributed by atoms with E-state index >= 15 is 0 Å². The van der Waals surface area contributed by atoms with E-state index in [1.165, 1.54) is 29.2 Å². The molecule has 5 rings (SSSR count). The molecule has 1 atom stereocenters. The molecule has 0 aromatic heterocycles. The molecule has 1 amide bonds. The number of nitrogens with zero attached hydrogens (tertiary/aromatic N) is 2. The van der Waals surface area contributed by atoms with Gasteiger partial charge in [-0.3, -0.25) is 9.80 Å². The van der Waals surface area contributed by atoms with Crippen LogP contribution >= 0.6 is 12.4 Å². The smallest absolute Gasteiger partial charge is 0.414 e. The average Bonchev–Trinajstić information content (AvgIpc) is 2.68. The number of anilines is 1. The van der Waals surface area contributed by atoms with Crippen LogP contribution in [-0.4, -0.2) is 36.7 Å². The van der Waals surface area contributed by atoms with Gasteiger partial charge in [0, 0.05) is 6.54 Å². The maximum Gasteiger partial charge on any atom is 0.414 e. The zero-order chi connectivity index (χ0) is 18.8. The molecule has 3 saturated heterocycles. The Bertz CT molecular complexity index is 810. The van der Waals surface area contributed by atoms with Crippen LogP contribution < -0.4 is 4.90 Å². The third-order valence-electron chi connectivity index (χ3n) is 5.44. The normalized spacial score (nSPS) is 23.0. The number of carbonyl (C=O) groups excluding carboxylic acids is 1. The van der Waals surface area contributed by atoms with Gasteiger partial charge in [-0.15, -0.1) is 12.4 Å². The number of ether oxygens (including phenoxy) is 1. The highest BCUT2D eigenvalue weighted by Gasteiger charge is 2.37. The number of piperidine rings is 3. The van der Waals surface area contributed by atoms with Gasteiger partial charge in [-0.25, -0.2) is 13.6 Å². The lowest BCUT2D eigenvalue weighted by atomic mass is 9.86. The van der Waals surface area contributed by atoms with Gasteiger partial charge < -0.3 is 4.74 Å². The summed E-state index contributed by atoms with van der Waals surface area (Å²) in [5, 5.41) is 0. The van der Waals surface area contributed by atoms with Crippen molar-refractivity contribution in [3.63, 3.8) is 0 Å². The molecule has 3 aliphatic rings. The quantitative estimate of drug-likeness (QED) is 0.739. The SMILES string of the molecule is Cl.O=C(O[C@H]1CN2CCC1CC2)N(Cc1ccc(F)cc1)c1cccc(F)c1. The first-order valence-corrected chi connectivity index (χ1v) is 9.29. The van der Waals surface area contributed by atoms with Crippen LogP contribution in [0.3, 0.4) is 0 Å². The lowest BCUT2D eigenvalue weighted by Crippen LogP contribution is -2.53. The van der Waals surface area contributed by atoms with Gasteiger partial charge in [-0.05, 0) is 67.7 Å². The molecule has 150 valence electrons. The molecular weight excluding hydrogens is 386 g/mol. The van der Waals surface area contributed by atoms with E-state index in [1.807, 2.05) is 0 Å². The summed E-state index contributed by atoms with van der Waals surface area (Å²) in [5.74, 6) is -0.378. The Balaban J connectivity index is 0.00000225. The van der Waals surface area contributed by atoms with Crippen molar-refractivity contribution in [3.05, 3.63) is 65.7 Å². The number of fused-ring (bicyclic) bond motifs is 3. The standard InChI is InChI=1S/C21H22F2N2O2.ClH/c22-17-6-4-15(5-7-17)13-25(19-3-1-2-18(23)12-19)21(26)27-20-14-24-10-8-16(20)9-11-24;/h1-7,12,16,20H,8-11,13-14H2;1H/t20-;/m0./s1. The summed E-state index contributed by atoms with van der Waals surface area (Å²) in [4.78, 5) is 16.7. The summed E-state index contributed by atoms with van der Waals surface area (Å²) in [6, 6.07) is 11.8. The Labute approximate surface area is 169 Å². The van der Waals surface area contributed by atoms with Crippen LogP contribution in [0.4, 0.5) is 19.3 Å². The number of benzene rings is 2. The summed E-state index contributed by atoms with van der Waals surface area (Å²) in [7, 11) is 0. The number of rotatable bonds is 4. The summed E-state index contributed by atoms with van der Waals surface area (Å²) >= 11 is 0. The molecule has 7 heteroatoms. The molecule has 2 aromatic carbocycles. The van der Waals surface area contributed by atoms with Crippen molar-refractivity contribution in [2.45, 2.75) is 25.5 Å². The Morgan fingerprint density at radius 3 is 2.39 bits per heavy atom. The molecule has 4 nitrogen and oxygen atoms in total. The van der Waals surface area contributed by atoms with Gasteiger partial charge in [-0.1, -0.05) is 18.2 Å². The molecule has 2 aromatic rings. The Kier molecular flexibility index (Phi) is 6.52. The molecule has 0 unspecified atom stereocenters. The van der Waals surface area contributed by atoms with E-state index < -0.39 is 11.9 Å². The maximum atomic E-state index is 13.7. The minimum absolute atomic E-state index is 0. The van der Waals surface area contributed by atoms with Crippen molar-refractivity contribution in [1.29, 1.82) is 0 Å². The van der Waals surface area contributed by atoms with Crippen LogP contribution in [0.1, 0.15) is 18.4 Å². The van der Waals surface area contributed by atoms with Crippen molar-refractivity contribution in [2.75, 3.05) is 24.5 Å². The topological polar surface area (TPSA) is 32.8 Å². The highest BCUT2D eigenvalue weighted by atomic mass is 35.5. The van der Waals surface area contributed by atoms with Gasteiger partial charge in [0.1, 0.15) is 17.7 Å². The lowest BCUT2D eigenvalue weighted by molar-refractivity contribution is -0.0311. The Morgan fingerprint density at radius 1 is 1.07 bits per heavy atom. The van der Waals surface area contributed by atoms with E-state index in [2.05, 4.69) is 4.90 Å². The van der Waals surface area contributed by atoms with Gasteiger partial charge in [0.15, 0.2) is 0 Å². The summed E-state index contributed by atoms with van der Waals surface area (Å²) in [6.07, 6.45) is 1.44. The van der Waals surface area contributed by atoms with E-state index in [-0.39, 0.29) is 30.9 Å². The first kappa shape index (κ1) is 20.6. The highest BCUT2D eigenvalue weighted by molar-refractivity contribution is 5.87. The average molecular weight is 409 g/mol. The van der Waals surface area contributed by atoms with Crippen molar-refractivity contribution < 1.29 is 18.3 Å². The van der Waals surface area contributed by atoms with E-state index in [0.29, 0.717) is 11.6 Å². The molecule has 0 radical (unpaired) electrons. The van der Waals surface area contributed by atoms with Gasteiger partial charge in [0.25, 0.3) is 0 Å². The molecule has 3 fully saturated rings. The molecule has 0 N–H and O–H groups in total. The molecule has 28 heavy (non-hydrogen) atoms. The molecule has 2 bridgehead atoms. The minimum Gasteiger partial charge on any atom is -0.444 e. The van der Waals surface area contributed by atoms with Crippen molar-refractivity contribution in [2.24, 2.45) is 5.92 Å². The zero-order valence-electron chi connectivity index (χ0n) is 15.4. The van der Waals surface area contributed by atoms with Gasteiger partial charge in [0.2, 0.25) is 0 Å². The largest absolute Gasteiger partial charge is 0.444 e. The van der Waals surface area contributed by atoms with Gasteiger partial charge in [-0.2, -0.15) is 0 Å². The van der Waals surface area contributed by atoms with Crippen LogP contribution in [0.2, 0.25) is 0 Å². The summed E-state index contributed by atoms with van der Waals surface area (Å²) in [5.41, 5.74) is 1.16. The fourth-order valence-corrected chi connectivity index (χ4v) is 3.92. The van der Waals surface area contributed by atoms with Crippen molar-refractivity contribution in [3.8, 4) is 0 Å². The molecule has 3 aliphatic heterocycles. The van der Waals surface area contributed by atoms with Gasteiger partial charge >= 0.3 is 6.09 Å². The zero-order valence-corrected chi connectivity index (χ0v) is 16.2. The lowest BCUT2D eigenvalue weighted by Gasteiger charge is -2.44. The maximum absolute atomic E-state index is 13.7. The minimum atomic E-state index is -0.497. The number of hydrogen-bond acceptors (Lipinski definition) is 3. The first-order chi connectivity index (χ1) is 13.1. The molecule has 3 heterocycles. The number of halogens is 3.